The predicted octanol–water partition coefficient (Wildman–Crippen LogP) is 4.30. The zero-order valence-corrected chi connectivity index (χ0v) is 13.5. The molecule has 24 heavy (non-hydrogen) atoms. The molecular weight excluding hydrogens is 307 g/mol. The van der Waals surface area contributed by atoms with Crippen LogP contribution in [0.5, 0.6) is 5.75 Å². The first-order valence-electron chi connectivity index (χ1n) is 8.11. The van der Waals surface area contributed by atoms with Crippen LogP contribution in [0.2, 0.25) is 0 Å². The second-order valence-electron chi connectivity index (χ2n) is 5.63. The Labute approximate surface area is 139 Å². The van der Waals surface area contributed by atoms with Gasteiger partial charge in [-0.1, -0.05) is 31.9 Å². The number of nitrogens with zero attached hydrogens (tertiary/aromatic N) is 1. The Balaban J connectivity index is 2.01. The Morgan fingerprint density at radius 1 is 1.17 bits per heavy atom. The van der Waals surface area contributed by atoms with Gasteiger partial charge < -0.3 is 9.72 Å². The van der Waals surface area contributed by atoms with Crippen LogP contribution in [0, 0.1) is 5.82 Å². The van der Waals surface area contributed by atoms with E-state index < -0.39 is 5.82 Å². The van der Waals surface area contributed by atoms with Crippen molar-refractivity contribution in [1.82, 2.24) is 9.97 Å². The van der Waals surface area contributed by atoms with Crippen molar-refractivity contribution >= 4 is 10.9 Å². The summed E-state index contributed by atoms with van der Waals surface area (Å²) in [5.74, 6) is 0.427. The van der Waals surface area contributed by atoms with Crippen LogP contribution in [0.25, 0.3) is 22.3 Å². The summed E-state index contributed by atoms with van der Waals surface area (Å²) in [5, 5.41) is 0.503. The third-order valence-corrected chi connectivity index (χ3v) is 3.82. The van der Waals surface area contributed by atoms with Gasteiger partial charge >= 0.3 is 0 Å². The van der Waals surface area contributed by atoms with Crippen LogP contribution in [0.3, 0.4) is 0 Å². The SMILES string of the molecule is CCCCCOc1ccc(F)cc1-c1nc2ccccc2c(=O)[nH]1. The Kier molecular flexibility index (Phi) is 4.89. The molecule has 0 amide bonds. The minimum absolute atomic E-state index is 0.253. The number of rotatable bonds is 6. The van der Waals surface area contributed by atoms with E-state index in [4.69, 9.17) is 4.74 Å². The summed E-state index contributed by atoms with van der Waals surface area (Å²) in [7, 11) is 0. The number of ether oxygens (including phenoxy) is 1. The standard InChI is InChI=1S/C19H19FN2O2/c1-2-3-6-11-24-17-10-9-13(20)12-15(17)18-21-16-8-5-4-7-14(16)19(23)22-18/h4-5,7-10,12H,2-3,6,11H2,1H3,(H,21,22,23). The second-order valence-corrected chi connectivity index (χ2v) is 5.63. The lowest BCUT2D eigenvalue weighted by Gasteiger charge is -2.11. The fraction of sp³-hybridized carbons (Fsp3) is 0.263. The molecule has 2 aromatic carbocycles. The van der Waals surface area contributed by atoms with Crippen molar-refractivity contribution in [2.75, 3.05) is 6.61 Å². The largest absolute Gasteiger partial charge is 0.493 e. The maximum Gasteiger partial charge on any atom is 0.259 e. The number of nitrogens with one attached hydrogen (secondary N) is 1. The molecule has 5 heteroatoms. The van der Waals surface area contributed by atoms with E-state index in [9.17, 15) is 9.18 Å². The smallest absolute Gasteiger partial charge is 0.259 e. The number of unbranched alkanes of at least 4 members (excludes halogenated alkanes) is 2. The summed E-state index contributed by atoms with van der Waals surface area (Å²) >= 11 is 0. The first-order chi connectivity index (χ1) is 11.7. The zero-order valence-electron chi connectivity index (χ0n) is 13.5. The Morgan fingerprint density at radius 3 is 2.83 bits per heavy atom. The van der Waals surface area contributed by atoms with Crippen molar-refractivity contribution in [3.05, 3.63) is 58.6 Å². The van der Waals surface area contributed by atoms with E-state index in [2.05, 4.69) is 16.9 Å². The van der Waals surface area contributed by atoms with Gasteiger partial charge in [-0.2, -0.15) is 0 Å². The van der Waals surface area contributed by atoms with E-state index in [-0.39, 0.29) is 5.56 Å². The normalized spacial score (nSPS) is 10.9. The van der Waals surface area contributed by atoms with Gasteiger partial charge in [-0.05, 0) is 36.8 Å². The lowest BCUT2D eigenvalue weighted by atomic mass is 10.1. The van der Waals surface area contributed by atoms with Crippen LogP contribution in [-0.4, -0.2) is 16.6 Å². The maximum atomic E-state index is 13.7. The molecule has 0 saturated carbocycles. The highest BCUT2D eigenvalue weighted by Crippen LogP contribution is 2.28. The average Bonchev–Trinajstić information content (AvgIpc) is 2.59. The number of hydrogen-bond donors (Lipinski definition) is 1. The molecule has 4 nitrogen and oxygen atoms in total. The molecule has 124 valence electrons. The van der Waals surface area contributed by atoms with Crippen LogP contribution in [0.4, 0.5) is 4.39 Å². The van der Waals surface area contributed by atoms with Gasteiger partial charge in [0.25, 0.3) is 5.56 Å². The molecule has 0 saturated heterocycles. The summed E-state index contributed by atoms with van der Waals surface area (Å²) in [6, 6.07) is 11.3. The highest BCUT2D eigenvalue weighted by atomic mass is 19.1. The molecule has 3 aromatic rings. The third kappa shape index (κ3) is 3.45. The van der Waals surface area contributed by atoms with E-state index in [0.29, 0.717) is 34.6 Å². The lowest BCUT2D eigenvalue weighted by molar-refractivity contribution is 0.307. The van der Waals surface area contributed by atoms with E-state index in [1.807, 2.05) is 6.07 Å². The van der Waals surface area contributed by atoms with Gasteiger partial charge in [-0.25, -0.2) is 9.37 Å². The predicted molar refractivity (Wildman–Crippen MR) is 92.8 cm³/mol. The quantitative estimate of drug-likeness (QED) is 0.687. The van der Waals surface area contributed by atoms with Crippen molar-refractivity contribution < 1.29 is 9.13 Å². The van der Waals surface area contributed by atoms with Crippen molar-refractivity contribution in [2.24, 2.45) is 0 Å². The van der Waals surface area contributed by atoms with Crippen LogP contribution in [0.1, 0.15) is 26.2 Å². The summed E-state index contributed by atoms with van der Waals surface area (Å²) < 4.78 is 19.5. The van der Waals surface area contributed by atoms with Crippen molar-refractivity contribution in [3.63, 3.8) is 0 Å². The number of fused-ring (bicyclic) bond motifs is 1. The molecule has 0 spiro atoms. The van der Waals surface area contributed by atoms with E-state index in [1.165, 1.54) is 12.1 Å². The van der Waals surface area contributed by atoms with E-state index >= 15 is 0 Å². The molecular formula is C19H19FN2O2. The summed E-state index contributed by atoms with van der Waals surface area (Å²) in [5.41, 5.74) is 0.767. The maximum absolute atomic E-state index is 13.7. The molecule has 0 aliphatic carbocycles. The highest BCUT2D eigenvalue weighted by Gasteiger charge is 2.12. The van der Waals surface area contributed by atoms with Crippen LogP contribution >= 0.6 is 0 Å². The van der Waals surface area contributed by atoms with Crippen LogP contribution < -0.4 is 10.3 Å². The molecule has 3 rings (SSSR count). The minimum Gasteiger partial charge on any atom is -0.493 e. The van der Waals surface area contributed by atoms with Crippen molar-refractivity contribution in [1.29, 1.82) is 0 Å². The van der Waals surface area contributed by atoms with E-state index in [0.717, 1.165) is 19.3 Å². The fourth-order valence-corrected chi connectivity index (χ4v) is 2.56. The number of benzene rings is 2. The number of aromatic amines is 1. The summed E-state index contributed by atoms with van der Waals surface area (Å²) in [6.07, 6.45) is 3.09. The summed E-state index contributed by atoms with van der Waals surface area (Å²) in [4.78, 5) is 19.4. The van der Waals surface area contributed by atoms with Gasteiger partial charge in [-0.15, -0.1) is 0 Å². The molecule has 1 heterocycles. The van der Waals surface area contributed by atoms with Crippen molar-refractivity contribution in [3.8, 4) is 17.1 Å². The topological polar surface area (TPSA) is 55.0 Å². The average molecular weight is 326 g/mol. The number of H-pyrrole nitrogens is 1. The molecule has 0 unspecified atom stereocenters. The monoisotopic (exact) mass is 326 g/mol. The number of aromatic nitrogens is 2. The van der Waals surface area contributed by atoms with Gasteiger partial charge in [-0.3, -0.25) is 4.79 Å². The van der Waals surface area contributed by atoms with Gasteiger partial charge in [0.1, 0.15) is 17.4 Å². The fourth-order valence-electron chi connectivity index (χ4n) is 2.56. The number of halogens is 1. The Hall–Kier alpha value is -2.69. The van der Waals surface area contributed by atoms with Crippen molar-refractivity contribution in [2.45, 2.75) is 26.2 Å². The van der Waals surface area contributed by atoms with Gasteiger partial charge in [0, 0.05) is 0 Å². The molecule has 0 aliphatic rings. The number of para-hydroxylation sites is 1. The lowest BCUT2D eigenvalue weighted by Crippen LogP contribution is -2.10. The second kappa shape index (κ2) is 7.25. The third-order valence-electron chi connectivity index (χ3n) is 3.82. The molecule has 0 fully saturated rings. The zero-order chi connectivity index (χ0) is 16.9. The van der Waals surface area contributed by atoms with Gasteiger partial charge in [0.2, 0.25) is 0 Å². The molecule has 0 radical (unpaired) electrons. The van der Waals surface area contributed by atoms with Gasteiger partial charge in [0.15, 0.2) is 0 Å². The highest BCUT2D eigenvalue weighted by molar-refractivity contribution is 5.80. The van der Waals surface area contributed by atoms with Crippen LogP contribution in [0.15, 0.2) is 47.3 Å². The molecule has 1 N–H and O–H groups in total. The Morgan fingerprint density at radius 2 is 2.00 bits per heavy atom. The molecule has 0 aliphatic heterocycles. The first kappa shape index (κ1) is 16.2. The molecule has 1 aromatic heterocycles. The van der Waals surface area contributed by atoms with E-state index in [1.54, 1.807) is 24.3 Å². The number of hydrogen-bond acceptors (Lipinski definition) is 3. The molecule has 0 bridgehead atoms. The minimum atomic E-state index is -0.401. The summed E-state index contributed by atoms with van der Waals surface area (Å²) in [6.45, 7) is 2.66. The first-order valence-corrected chi connectivity index (χ1v) is 8.11. The van der Waals surface area contributed by atoms with Gasteiger partial charge in [0.05, 0.1) is 23.1 Å². The molecule has 0 atom stereocenters. The van der Waals surface area contributed by atoms with Crippen LogP contribution in [-0.2, 0) is 0 Å². The Bertz CT molecular complexity index is 905.